The molecule has 22 heavy (non-hydrogen) atoms. The van der Waals surface area contributed by atoms with Crippen LogP contribution in [-0.4, -0.2) is 17.6 Å². The van der Waals surface area contributed by atoms with Crippen molar-refractivity contribution in [3.8, 4) is 0 Å². The number of aryl methyl sites for hydroxylation is 1. The Hall–Kier alpha value is -1.36. The van der Waals surface area contributed by atoms with Crippen molar-refractivity contribution in [2.24, 2.45) is 5.92 Å². The van der Waals surface area contributed by atoms with E-state index in [9.17, 15) is 9.90 Å². The van der Waals surface area contributed by atoms with Gasteiger partial charge < -0.3 is 10.4 Å². The molecule has 3 nitrogen and oxygen atoms in total. The van der Waals surface area contributed by atoms with Crippen LogP contribution in [0.25, 0.3) is 0 Å². The number of carbonyl (C=O) groups is 1. The molecule has 2 aromatic rings. The average molecular weight is 336 g/mol. The fraction of sp³-hybridized carbons (Fsp3) is 0.353. The van der Waals surface area contributed by atoms with Crippen molar-refractivity contribution in [3.63, 3.8) is 0 Å². The number of amides is 1. The summed E-state index contributed by atoms with van der Waals surface area (Å²) >= 11 is 7.68. The second kappa shape index (κ2) is 6.82. The monoisotopic (exact) mass is 335 g/mol. The average Bonchev–Trinajstić information content (AvgIpc) is 2.99. The summed E-state index contributed by atoms with van der Waals surface area (Å²) in [5.74, 6) is 0.0339. The van der Waals surface area contributed by atoms with Gasteiger partial charge in [0.25, 0.3) is 0 Å². The highest BCUT2D eigenvalue weighted by Crippen LogP contribution is 2.29. The molecule has 0 radical (unpaired) electrons. The third-order valence-corrected chi connectivity index (χ3v) is 5.36. The minimum Gasteiger partial charge on any atom is -0.387 e. The molecule has 1 aliphatic rings. The molecule has 1 amide bonds. The Kier molecular flexibility index (Phi) is 4.81. The van der Waals surface area contributed by atoms with Crippen LogP contribution in [-0.2, 0) is 17.6 Å². The summed E-state index contributed by atoms with van der Waals surface area (Å²) in [7, 11) is 0. The lowest BCUT2D eigenvalue weighted by atomic mass is 9.88. The van der Waals surface area contributed by atoms with Gasteiger partial charge in [0.15, 0.2) is 0 Å². The van der Waals surface area contributed by atoms with E-state index in [0.717, 1.165) is 24.8 Å². The first kappa shape index (κ1) is 15.5. The van der Waals surface area contributed by atoms with Crippen molar-refractivity contribution in [2.45, 2.75) is 25.4 Å². The molecule has 3 rings (SSSR count). The maximum absolute atomic E-state index is 12.3. The van der Waals surface area contributed by atoms with Crippen molar-refractivity contribution in [2.75, 3.05) is 6.54 Å². The SMILES string of the molecule is O=C(NCC(O)c1cccc(Cl)c1)C1CCc2sccc2C1. The standard InChI is InChI=1S/C17H18ClNO2S/c18-14-3-1-2-11(9-14)15(20)10-19-17(21)13-4-5-16-12(8-13)6-7-22-16/h1-3,6-7,9,13,15,20H,4-5,8,10H2,(H,19,21). The topological polar surface area (TPSA) is 49.3 Å². The molecular weight excluding hydrogens is 318 g/mol. The van der Waals surface area contributed by atoms with Crippen LogP contribution < -0.4 is 5.32 Å². The molecule has 0 aliphatic heterocycles. The maximum Gasteiger partial charge on any atom is 0.223 e. The van der Waals surface area contributed by atoms with Gasteiger partial charge in [-0.1, -0.05) is 23.7 Å². The van der Waals surface area contributed by atoms with Crippen LogP contribution in [0, 0.1) is 5.92 Å². The third kappa shape index (κ3) is 3.51. The molecule has 1 aromatic heterocycles. The molecule has 5 heteroatoms. The van der Waals surface area contributed by atoms with Crippen LogP contribution in [0.2, 0.25) is 5.02 Å². The summed E-state index contributed by atoms with van der Waals surface area (Å²) in [4.78, 5) is 13.7. The highest BCUT2D eigenvalue weighted by molar-refractivity contribution is 7.10. The first-order valence-electron chi connectivity index (χ1n) is 7.40. The van der Waals surface area contributed by atoms with Crippen molar-refractivity contribution in [1.29, 1.82) is 0 Å². The fourth-order valence-electron chi connectivity index (χ4n) is 2.84. The van der Waals surface area contributed by atoms with Gasteiger partial charge in [-0.15, -0.1) is 11.3 Å². The lowest BCUT2D eigenvalue weighted by Gasteiger charge is -2.22. The van der Waals surface area contributed by atoms with Gasteiger partial charge in [-0.25, -0.2) is 0 Å². The molecule has 2 unspecified atom stereocenters. The van der Waals surface area contributed by atoms with Crippen molar-refractivity contribution >= 4 is 28.8 Å². The predicted molar refractivity (Wildman–Crippen MR) is 89.3 cm³/mol. The number of thiophene rings is 1. The van der Waals surface area contributed by atoms with Crippen molar-refractivity contribution in [1.82, 2.24) is 5.32 Å². The van der Waals surface area contributed by atoms with Crippen LogP contribution in [0.15, 0.2) is 35.7 Å². The molecule has 1 aromatic carbocycles. The number of aliphatic hydroxyl groups is 1. The minimum absolute atomic E-state index is 0.00802. The Bertz CT molecular complexity index is 670. The van der Waals surface area contributed by atoms with Crippen LogP contribution in [0.4, 0.5) is 0 Å². The Morgan fingerprint density at radius 3 is 3.14 bits per heavy atom. The molecule has 0 fully saturated rings. The zero-order chi connectivity index (χ0) is 15.5. The number of halogens is 1. The summed E-state index contributed by atoms with van der Waals surface area (Å²) in [5.41, 5.74) is 2.02. The summed E-state index contributed by atoms with van der Waals surface area (Å²) in [6.07, 6.45) is 1.93. The Balaban J connectivity index is 1.54. The lowest BCUT2D eigenvalue weighted by Crippen LogP contribution is -2.36. The van der Waals surface area contributed by atoms with Gasteiger partial charge in [0, 0.05) is 22.4 Å². The summed E-state index contributed by atoms with van der Waals surface area (Å²) in [6.45, 7) is 0.214. The van der Waals surface area contributed by atoms with E-state index in [1.165, 1.54) is 10.4 Å². The van der Waals surface area contributed by atoms with Crippen LogP contribution in [0.1, 0.15) is 28.5 Å². The number of carbonyl (C=O) groups excluding carboxylic acids is 1. The summed E-state index contributed by atoms with van der Waals surface area (Å²) in [5, 5.41) is 15.7. The van der Waals surface area contributed by atoms with E-state index in [2.05, 4.69) is 16.8 Å². The number of benzene rings is 1. The maximum atomic E-state index is 12.3. The van der Waals surface area contributed by atoms with Gasteiger partial charge >= 0.3 is 0 Å². The summed E-state index contributed by atoms with van der Waals surface area (Å²) < 4.78 is 0. The highest BCUT2D eigenvalue weighted by atomic mass is 35.5. The van der Waals surface area contributed by atoms with E-state index in [0.29, 0.717) is 5.02 Å². The molecule has 0 bridgehead atoms. The lowest BCUT2D eigenvalue weighted by molar-refractivity contribution is -0.125. The molecule has 2 N–H and O–H groups in total. The summed E-state index contributed by atoms with van der Waals surface area (Å²) in [6, 6.07) is 9.19. The Labute approximate surface area is 138 Å². The van der Waals surface area contributed by atoms with E-state index >= 15 is 0 Å². The Morgan fingerprint density at radius 1 is 1.45 bits per heavy atom. The zero-order valence-electron chi connectivity index (χ0n) is 12.1. The Morgan fingerprint density at radius 2 is 2.32 bits per heavy atom. The second-order valence-electron chi connectivity index (χ2n) is 5.62. The highest BCUT2D eigenvalue weighted by Gasteiger charge is 2.25. The molecule has 0 saturated heterocycles. The van der Waals surface area contributed by atoms with Crippen molar-refractivity contribution < 1.29 is 9.90 Å². The quantitative estimate of drug-likeness (QED) is 0.900. The van der Waals surface area contributed by atoms with E-state index in [1.54, 1.807) is 35.6 Å². The number of nitrogens with one attached hydrogen (secondary N) is 1. The normalized spacial score (nSPS) is 18.5. The third-order valence-electron chi connectivity index (χ3n) is 4.10. The van der Waals surface area contributed by atoms with Crippen LogP contribution in [0.3, 0.4) is 0 Å². The van der Waals surface area contributed by atoms with Gasteiger partial charge in [0.2, 0.25) is 5.91 Å². The van der Waals surface area contributed by atoms with Crippen LogP contribution in [0.5, 0.6) is 0 Å². The van der Waals surface area contributed by atoms with Gasteiger partial charge in [0.05, 0.1) is 6.10 Å². The molecule has 1 aliphatic carbocycles. The molecule has 116 valence electrons. The first-order valence-corrected chi connectivity index (χ1v) is 8.65. The molecule has 1 heterocycles. The smallest absolute Gasteiger partial charge is 0.223 e. The van der Waals surface area contributed by atoms with Gasteiger partial charge in [0.1, 0.15) is 0 Å². The van der Waals surface area contributed by atoms with Gasteiger partial charge in [-0.3, -0.25) is 4.79 Å². The molecule has 0 spiro atoms. The van der Waals surface area contributed by atoms with E-state index in [-0.39, 0.29) is 18.4 Å². The fourth-order valence-corrected chi connectivity index (χ4v) is 3.97. The largest absolute Gasteiger partial charge is 0.387 e. The number of hydrogen-bond acceptors (Lipinski definition) is 3. The van der Waals surface area contributed by atoms with Gasteiger partial charge in [-0.05, 0) is 54.0 Å². The molecular formula is C17H18ClNO2S. The number of rotatable bonds is 4. The number of aliphatic hydroxyl groups excluding tert-OH is 1. The van der Waals surface area contributed by atoms with Crippen LogP contribution >= 0.6 is 22.9 Å². The minimum atomic E-state index is -0.733. The zero-order valence-corrected chi connectivity index (χ0v) is 13.7. The molecule has 2 atom stereocenters. The van der Waals surface area contributed by atoms with Gasteiger partial charge in [-0.2, -0.15) is 0 Å². The van der Waals surface area contributed by atoms with E-state index in [4.69, 9.17) is 11.6 Å². The van der Waals surface area contributed by atoms with E-state index in [1.807, 2.05) is 0 Å². The number of fused-ring (bicyclic) bond motifs is 1. The van der Waals surface area contributed by atoms with Crippen molar-refractivity contribution in [3.05, 3.63) is 56.7 Å². The molecule has 0 saturated carbocycles. The first-order chi connectivity index (χ1) is 10.6. The predicted octanol–water partition coefficient (Wildman–Crippen LogP) is 3.36. The van der Waals surface area contributed by atoms with E-state index < -0.39 is 6.10 Å². The number of hydrogen-bond donors (Lipinski definition) is 2. The second-order valence-corrected chi connectivity index (χ2v) is 7.06.